The molecule has 0 spiro atoms. The van der Waals surface area contributed by atoms with Gasteiger partial charge in [-0.3, -0.25) is 39.0 Å². The van der Waals surface area contributed by atoms with Crippen molar-refractivity contribution in [1.29, 1.82) is 0 Å². The molecule has 6 heterocycles. The van der Waals surface area contributed by atoms with Crippen LogP contribution in [0.5, 0.6) is 5.75 Å². The molecule has 0 saturated carbocycles. The summed E-state index contributed by atoms with van der Waals surface area (Å²) in [5.41, 5.74) is 7.23. The highest BCUT2D eigenvalue weighted by Crippen LogP contribution is 2.38. The number of benzene rings is 2. The Morgan fingerprint density at radius 2 is 1.68 bits per heavy atom. The number of hydrogen-bond acceptors (Lipinski definition) is 12. The smallest absolute Gasteiger partial charge is 0.262 e. The zero-order chi connectivity index (χ0) is 41.6. The number of ether oxygens (including phenoxy) is 1. The molecule has 6 amide bonds. The Kier molecular flexibility index (Phi) is 10.6. The first-order chi connectivity index (χ1) is 28.3. The normalized spacial score (nSPS) is 21.2. The molecule has 3 aromatic rings. The summed E-state index contributed by atoms with van der Waals surface area (Å²) in [6.07, 6.45) is 5.99. The highest BCUT2D eigenvalue weighted by molar-refractivity contribution is 6.25. The summed E-state index contributed by atoms with van der Waals surface area (Å²) in [6.45, 7) is 6.44. The van der Waals surface area contributed by atoms with Crippen LogP contribution < -0.4 is 26.0 Å². The number of likely N-dealkylation sites (tertiary alicyclic amines) is 1. The number of hydrogen-bond donors (Lipinski definition) is 3. The van der Waals surface area contributed by atoms with Crippen LogP contribution in [0, 0.1) is 0 Å². The van der Waals surface area contributed by atoms with Gasteiger partial charge < -0.3 is 30.5 Å². The summed E-state index contributed by atoms with van der Waals surface area (Å²) in [4.78, 5) is 92.9. The first-order valence-corrected chi connectivity index (χ1v) is 20.0. The summed E-state index contributed by atoms with van der Waals surface area (Å²) in [7, 11) is 0. The van der Waals surface area contributed by atoms with E-state index in [1.807, 2.05) is 23.6 Å². The Morgan fingerprint density at radius 3 is 2.36 bits per heavy atom. The van der Waals surface area contributed by atoms with Gasteiger partial charge >= 0.3 is 0 Å². The largest absolute Gasteiger partial charge is 0.489 e. The third-order valence-corrected chi connectivity index (χ3v) is 11.8. The number of rotatable bonds is 10. The van der Waals surface area contributed by atoms with Crippen molar-refractivity contribution in [2.75, 3.05) is 42.9 Å². The highest BCUT2D eigenvalue weighted by Gasteiger charge is 2.45. The molecule has 1 aromatic heterocycles. The second-order valence-electron chi connectivity index (χ2n) is 16.0. The van der Waals surface area contributed by atoms with E-state index >= 15 is 4.39 Å². The van der Waals surface area contributed by atoms with Gasteiger partial charge in [-0.25, -0.2) is 14.4 Å². The molecule has 3 saturated heterocycles. The number of carbonyl (C=O) groups excluding carboxylic acids is 6. The first kappa shape index (κ1) is 39.6. The van der Waals surface area contributed by atoms with Gasteiger partial charge in [0.25, 0.3) is 23.6 Å². The number of nitrogens with two attached hydrogens (primary N) is 1. The van der Waals surface area contributed by atoms with Crippen LogP contribution in [0.15, 0.2) is 55.0 Å². The van der Waals surface area contributed by atoms with E-state index in [9.17, 15) is 28.8 Å². The number of alkyl halides is 1. The minimum atomic E-state index is -1.42. The third-order valence-electron chi connectivity index (χ3n) is 11.8. The van der Waals surface area contributed by atoms with E-state index < -0.39 is 41.2 Å². The molecule has 3 fully saturated rings. The number of carbonyl (C=O) groups is 6. The summed E-state index contributed by atoms with van der Waals surface area (Å²) < 4.78 is 22.4. The van der Waals surface area contributed by atoms with E-state index in [4.69, 9.17) is 10.5 Å². The minimum Gasteiger partial charge on any atom is -0.489 e. The molecule has 5 aliphatic heterocycles. The number of nitrogens with zero attached hydrogens (tertiary/aromatic N) is 6. The quantitative estimate of drug-likeness (QED) is 0.200. The van der Waals surface area contributed by atoms with Crippen LogP contribution in [0.2, 0.25) is 0 Å². The summed E-state index contributed by atoms with van der Waals surface area (Å²) in [5.74, 6) is -2.33. The average molecular weight is 808 g/mol. The van der Waals surface area contributed by atoms with Crippen LogP contribution >= 0.6 is 0 Å². The lowest BCUT2D eigenvalue weighted by Gasteiger charge is -2.43. The van der Waals surface area contributed by atoms with Crippen molar-refractivity contribution in [2.24, 2.45) is 5.73 Å². The van der Waals surface area contributed by atoms with Gasteiger partial charge in [0.1, 0.15) is 17.5 Å². The fraction of sp³-hybridized carbons (Fsp3) is 0.429. The van der Waals surface area contributed by atoms with Crippen molar-refractivity contribution in [3.63, 3.8) is 0 Å². The van der Waals surface area contributed by atoms with Crippen molar-refractivity contribution in [2.45, 2.75) is 82.8 Å². The number of fused-ring (bicyclic) bond motifs is 2. The molecule has 0 bridgehead atoms. The van der Waals surface area contributed by atoms with Crippen LogP contribution in [0.1, 0.15) is 94.8 Å². The standard InChI is InChI=1S/C42H46FN9O7/c1-24(2)59-34-20-29-25(18-32(34)47-37(54)31(21-44)36-45-12-3-13-46-36)22-51(39(29)56)26-8-14-49(15-9-26)23-42(43)10-16-50(17-11-42)27-4-5-28-30(19-27)41(58)52(40(28)57)33-6-7-35(53)48-38(33)55/h3-5,12-13,18-21,24,26,33H,6-11,14-17,22-23,44H2,1-2H3,(H,47,54)(H,48,53,55)/b31-21+. The summed E-state index contributed by atoms with van der Waals surface area (Å²) in [6, 6.07) is 8.97. The number of aromatic nitrogens is 2. The number of piperidine rings is 3. The maximum absolute atomic E-state index is 16.4. The second-order valence-corrected chi connectivity index (χ2v) is 16.0. The lowest BCUT2D eigenvalue weighted by atomic mass is 9.91. The number of amides is 6. The van der Waals surface area contributed by atoms with Crippen LogP contribution in [0.3, 0.4) is 0 Å². The molecule has 0 aliphatic carbocycles. The van der Waals surface area contributed by atoms with E-state index in [0.717, 1.165) is 16.7 Å². The Balaban J connectivity index is 0.860. The molecule has 0 radical (unpaired) electrons. The van der Waals surface area contributed by atoms with Gasteiger partial charge in [-0.15, -0.1) is 0 Å². The maximum atomic E-state index is 16.4. The monoisotopic (exact) mass is 807 g/mol. The van der Waals surface area contributed by atoms with Crippen molar-refractivity contribution in [1.82, 2.24) is 30.0 Å². The van der Waals surface area contributed by atoms with Crippen molar-refractivity contribution in [3.8, 4) is 5.75 Å². The molecular formula is C42H46FN9O7. The number of imide groups is 2. The van der Waals surface area contributed by atoms with Gasteiger partial charge in [0.05, 0.1) is 28.5 Å². The van der Waals surface area contributed by atoms with Crippen molar-refractivity contribution in [3.05, 3.63) is 83.1 Å². The van der Waals surface area contributed by atoms with E-state index in [0.29, 0.717) is 68.3 Å². The molecule has 1 atom stereocenters. The number of nitrogens with one attached hydrogen (secondary N) is 2. The van der Waals surface area contributed by atoms with E-state index in [2.05, 4.69) is 25.5 Å². The Labute approximate surface area is 339 Å². The van der Waals surface area contributed by atoms with E-state index in [1.54, 1.807) is 36.4 Å². The van der Waals surface area contributed by atoms with E-state index in [1.165, 1.54) is 12.4 Å². The lowest BCUT2D eigenvalue weighted by Crippen LogP contribution is -2.54. The molecule has 16 nitrogen and oxygen atoms in total. The van der Waals surface area contributed by atoms with Gasteiger partial charge in [-0.05, 0) is 75.1 Å². The molecule has 59 heavy (non-hydrogen) atoms. The van der Waals surface area contributed by atoms with Crippen molar-refractivity contribution >= 4 is 52.4 Å². The maximum Gasteiger partial charge on any atom is 0.262 e. The second kappa shape index (κ2) is 15.8. The van der Waals surface area contributed by atoms with Crippen LogP contribution in [-0.4, -0.2) is 117 Å². The number of anilines is 2. The number of halogens is 1. The van der Waals surface area contributed by atoms with Gasteiger partial charge in [0.15, 0.2) is 5.82 Å². The molecule has 8 rings (SSSR count). The molecular weight excluding hydrogens is 762 g/mol. The van der Waals surface area contributed by atoms with Gasteiger partial charge in [-0.1, -0.05) is 0 Å². The summed E-state index contributed by atoms with van der Waals surface area (Å²) in [5, 5.41) is 5.08. The lowest BCUT2D eigenvalue weighted by molar-refractivity contribution is -0.136. The highest BCUT2D eigenvalue weighted by atomic mass is 19.1. The zero-order valence-corrected chi connectivity index (χ0v) is 32.9. The predicted octanol–water partition coefficient (Wildman–Crippen LogP) is 3.03. The van der Waals surface area contributed by atoms with Gasteiger partial charge in [0.2, 0.25) is 11.8 Å². The van der Waals surface area contributed by atoms with Crippen LogP contribution in [0.4, 0.5) is 15.8 Å². The minimum absolute atomic E-state index is 0.0428. The Hall–Kier alpha value is -6.23. The third kappa shape index (κ3) is 7.73. The topological polar surface area (TPSA) is 200 Å². The van der Waals surface area contributed by atoms with E-state index in [-0.39, 0.29) is 72.8 Å². The fourth-order valence-electron chi connectivity index (χ4n) is 8.76. The van der Waals surface area contributed by atoms with Crippen LogP contribution in [-0.2, 0) is 20.9 Å². The predicted molar refractivity (Wildman–Crippen MR) is 213 cm³/mol. The molecule has 5 aliphatic rings. The van der Waals surface area contributed by atoms with Gasteiger partial charge in [0, 0.05) is 94.4 Å². The van der Waals surface area contributed by atoms with Gasteiger partial charge in [-0.2, -0.15) is 0 Å². The molecule has 1 unspecified atom stereocenters. The molecule has 308 valence electrons. The fourth-order valence-corrected chi connectivity index (χ4v) is 8.76. The Morgan fingerprint density at radius 1 is 0.966 bits per heavy atom. The SMILES string of the molecule is CC(C)Oc1cc2c(cc1NC(=O)/C(=C/N)c1ncccn1)CN(C1CCN(CC3(F)CCN(c4ccc5c(c4)C(=O)N(C4CCC(=O)NC4=O)C5=O)CC3)CC1)C2=O. The summed E-state index contributed by atoms with van der Waals surface area (Å²) >= 11 is 0. The molecule has 17 heteroatoms. The van der Waals surface area contributed by atoms with Crippen molar-refractivity contribution < 1.29 is 37.9 Å². The average Bonchev–Trinajstić information content (AvgIpc) is 3.66. The zero-order valence-electron chi connectivity index (χ0n) is 32.9. The van der Waals surface area contributed by atoms with Crippen LogP contribution in [0.25, 0.3) is 5.57 Å². The molecule has 2 aromatic carbocycles. The Bertz CT molecular complexity index is 2250. The first-order valence-electron chi connectivity index (χ1n) is 20.0. The molecule has 4 N–H and O–H groups in total.